The van der Waals surface area contributed by atoms with Crippen LogP contribution in [0.4, 0.5) is 17.6 Å². The quantitative estimate of drug-likeness (QED) is 0.0189. The topological polar surface area (TPSA) is 698 Å². The first-order chi connectivity index (χ1) is 59.9. The zero-order valence-corrected chi connectivity index (χ0v) is 76.7. The lowest BCUT2D eigenvalue weighted by molar-refractivity contribution is -0.0561. The smallest absolute Gasteiger partial charge is 0.386 e. The molecule has 692 valence electrons. The molecule has 7 unspecified atom stereocenters. The number of nitrogen functional groups attached to an aromatic ring is 3. The average Bonchev–Trinajstić information content (AvgIpc) is 1.63. The number of imidazole rings is 3. The molecule has 0 aromatic carbocycles. The number of aliphatic hydroxyl groups is 1. The Labute approximate surface area is 742 Å². The number of nitrogens with one attached hydrogen (secondary N) is 4. The Kier molecular flexibility index (Phi) is 28.6. The highest BCUT2D eigenvalue weighted by atomic mass is 32.7. The molecule has 53 nitrogen and oxygen atoms in total. The van der Waals surface area contributed by atoms with Crippen LogP contribution in [-0.4, -0.2) is 236 Å². The number of nitrogens with zero attached hydrogens (tertiary/aromatic N) is 14. The molecule has 6 fully saturated rings. The van der Waals surface area contributed by atoms with Crippen molar-refractivity contribution >= 4 is 163 Å². The fourth-order valence-electron chi connectivity index (χ4n) is 14.8. The molecule has 127 heavy (non-hydrogen) atoms. The highest BCUT2D eigenvalue weighted by molar-refractivity contribution is 8.44. The number of aliphatic hydroxyl groups excluding tert-OH is 1. The van der Waals surface area contributed by atoms with E-state index in [0.717, 1.165) is 27.1 Å². The van der Waals surface area contributed by atoms with Gasteiger partial charge in [0.05, 0.1) is 82.5 Å². The Hall–Kier alpha value is -6.24. The standard InChI is InChI=1S/C62H81N21O32P6S6/c1-6-28-48(47(84)58(109-28)83-24-72-46-53(83)73-59(65)74-57(46)88)115-121(97,127)103-19-36-31(9-41(106-36)80-14-27(4)56(87)77-62(80)91)112-118(94,124)102-18-38-33(11-43(108-38)82-23-71-45-50(64)67-21-69-52(45)82)114-120(96,126)100-16-35-30(8-40(105-35)79-13-26(3)55(86)76-61(79)90)111-117(93,123)101-17-37-32(10-42(107-37)81-22-70-44-49(63)66-20-68-51(44)81)113-119(95,125)99-15-34-29(110-116(92,122)98-5)7-39(104-34)78-12-25(2)54(85)75-60(78)89/h12-14,20-24,28-43,47-48,58,84H,6-11,15-19H2,1-5H3,(H,92,122)(H,93,123)(H,94,124)(H,95,125)(H,96,126)(H,97,127)(H2,63,66,68)(H2,64,67,69)(H,75,85,89)(H,76,86,90)(H,77,87,91)(H3,65,73,74,88)/t28-,29-,30-,31-,32-,33-,34-,35-,36-,37-,38-,39-,40-,41-,42-,43-,47?,48+,58-,116?,117?,118?,119?,120?,121?/m1/s1. The summed E-state index contributed by atoms with van der Waals surface area (Å²) in [6.07, 6.45) is -16.4. The van der Waals surface area contributed by atoms with Crippen molar-refractivity contribution in [1.82, 2.24) is 87.2 Å². The molecule has 0 bridgehead atoms. The van der Waals surface area contributed by atoms with Gasteiger partial charge in [-0.3, -0.25) is 80.1 Å². The fraction of sp³-hybridized carbons (Fsp3) is 0.565. The summed E-state index contributed by atoms with van der Waals surface area (Å²) in [7, 11) is 1.11. The van der Waals surface area contributed by atoms with E-state index in [1.165, 1.54) is 78.4 Å². The van der Waals surface area contributed by atoms with Crippen molar-refractivity contribution in [1.29, 1.82) is 0 Å². The van der Waals surface area contributed by atoms with Gasteiger partial charge in [0.25, 0.3) is 22.2 Å². The maximum atomic E-state index is 14.8. The van der Waals surface area contributed by atoms with Crippen LogP contribution in [-0.2, 0) is 146 Å². The molecule has 6 aliphatic heterocycles. The lowest BCUT2D eigenvalue weighted by atomic mass is 10.1. The number of hydrogen-bond donors (Lipinski definition) is 14. The van der Waals surface area contributed by atoms with Gasteiger partial charge in [0.2, 0.25) is 5.95 Å². The fourth-order valence-corrected chi connectivity index (χ4v) is 23.2. The molecule has 9 aromatic heterocycles. The highest BCUT2D eigenvalue weighted by Gasteiger charge is 2.52. The van der Waals surface area contributed by atoms with Gasteiger partial charge in [0.15, 0.2) is 40.3 Å². The summed E-state index contributed by atoms with van der Waals surface area (Å²) in [5, 5.41) is 11.7. The predicted octanol–water partition coefficient (Wildman–Crippen LogP) is 0.390. The number of H-pyrrole nitrogens is 4. The molecule has 65 heteroatoms. The Balaban J connectivity index is 0.640. The van der Waals surface area contributed by atoms with Crippen LogP contribution in [0.3, 0.4) is 0 Å². The first-order valence-electron chi connectivity index (χ1n) is 37.9. The van der Waals surface area contributed by atoms with Gasteiger partial charge >= 0.3 is 57.5 Å². The van der Waals surface area contributed by atoms with E-state index >= 15 is 0 Å². The van der Waals surface area contributed by atoms with E-state index in [9.17, 15) is 67.7 Å². The van der Waals surface area contributed by atoms with Crippen LogP contribution in [0, 0.1) is 20.8 Å². The molecule has 6 saturated heterocycles. The Bertz CT molecular complexity index is 6440. The van der Waals surface area contributed by atoms with Crippen molar-refractivity contribution < 1.29 is 117 Å². The SMILES string of the molecule is CC[C@H]1O[C@@H](n2cnc3c(=O)[nH]c(N)nc32)C(O)[C@H]1OP(O)(=S)OC[C@H]1O[C@@H](n2cc(C)c(=O)[nH]c2=O)C[C@H]1OP(=O)(S)OC[C@H]1O[C@@H](n2cnc3c(N)ncnc32)C[C@H]1OP(O)(=S)OC[C@H]1O[C@@H](n2cc(C)c(=O)[nH]c2=O)C[C@H]1OP(O)(=S)OC[C@H]1O[C@@H](n2cnc3c(N)ncnc32)C[C@H]1OP(O)(=S)OC[C@H]1O[C@@H](n2cc(C)c(=O)[nH]c2=O)C[C@H]1OP(O)(=S)OC. The largest absolute Gasteiger partial charge is 0.386 e. The first-order valence-corrected chi connectivity index (χ1v) is 53.6. The van der Waals surface area contributed by atoms with E-state index in [2.05, 4.69) is 72.1 Å². The molecular formula is C62H81N21O32P6S6. The number of rotatable bonds is 35. The maximum absolute atomic E-state index is 14.8. The second-order valence-corrected chi connectivity index (χ2v) is 46.4. The highest BCUT2D eigenvalue weighted by Crippen LogP contribution is 2.60. The van der Waals surface area contributed by atoms with Crippen molar-refractivity contribution in [2.24, 2.45) is 0 Å². The van der Waals surface area contributed by atoms with Crippen molar-refractivity contribution in [3.8, 4) is 0 Å². The molecule has 16 N–H and O–H groups in total. The zero-order valence-electron chi connectivity index (χ0n) is 66.3. The van der Waals surface area contributed by atoms with Crippen LogP contribution in [0.15, 0.2) is 83.8 Å². The minimum atomic E-state index is -4.79. The third kappa shape index (κ3) is 21.5. The van der Waals surface area contributed by atoms with Gasteiger partial charge in [-0.15, -0.1) is 0 Å². The number of hydrogen-bond acceptors (Lipinski definition) is 43. The molecule has 0 radical (unpaired) electrons. The normalized spacial score (nSPS) is 29.8. The molecular weight excluding hydrogens is 1930 g/mol. The number of aromatic nitrogens is 18. The minimum absolute atomic E-state index is 0.0103. The van der Waals surface area contributed by atoms with Crippen LogP contribution in [0.1, 0.15) is 99.5 Å². The summed E-state index contributed by atoms with van der Waals surface area (Å²) in [5.74, 6) is -0.250. The number of thiol groups is 1. The number of aromatic amines is 4. The molecule has 0 amide bonds. The molecule has 25 atom stereocenters. The van der Waals surface area contributed by atoms with E-state index < -0.39 is 229 Å². The van der Waals surface area contributed by atoms with Crippen molar-refractivity contribution in [2.75, 3.05) is 57.3 Å². The van der Waals surface area contributed by atoms with Crippen LogP contribution in [0.5, 0.6) is 0 Å². The first kappa shape index (κ1) is 95.4. The van der Waals surface area contributed by atoms with Crippen molar-refractivity contribution in [2.45, 2.75) is 183 Å². The average molecular weight is 2010 g/mol. The van der Waals surface area contributed by atoms with Gasteiger partial charge in [0.1, 0.15) is 104 Å². The predicted molar refractivity (Wildman–Crippen MR) is 458 cm³/mol. The number of fused-ring (bicyclic) bond motifs is 3. The van der Waals surface area contributed by atoms with Crippen LogP contribution >= 0.6 is 52.6 Å². The third-order valence-corrected chi connectivity index (χ3v) is 30.6. The number of aryl methyl sites for hydroxylation is 3. The second kappa shape index (κ2) is 38.0. The van der Waals surface area contributed by atoms with Crippen LogP contribution in [0.25, 0.3) is 33.5 Å². The van der Waals surface area contributed by atoms with E-state index in [1.54, 1.807) is 6.92 Å². The Morgan fingerprint density at radius 2 is 0.780 bits per heavy atom. The summed E-state index contributed by atoms with van der Waals surface area (Å²) in [6.45, 7) is -24.8. The molecule has 0 aliphatic carbocycles. The molecule has 9 aromatic rings. The van der Waals surface area contributed by atoms with Crippen molar-refractivity contribution in [3.63, 3.8) is 0 Å². The summed E-state index contributed by atoms with van der Waals surface area (Å²) >= 11 is 31.9. The van der Waals surface area contributed by atoms with Gasteiger partial charge in [0, 0.05) is 74.5 Å². The molecule has 0 spiro atoms. The summed E-state index contributed by atoms with van der Waals surface area (Å²) < 4.78 is 131. The number of ether oxygens (including phenoxy) is 6. The second-order valence-electron chi connectivity index (χ2n) is 29.4. The molecule has 15 rings (SSSR count). The van der Waals surface area contributed by atoms with Gasteiger partial charge in [-0.1, -0.05) is 19.2 Å². The van der Waals surface area contributed by atoms with E-state index in [1.807, 2.05) is 0 Å². The minimum Gasteiger partial charge on any atom is -0.386 e. The Morgan fingerprint density at radius 3 is 1.16 bits per heavy atom. The Morgan fingerprint density at radius 1 is 0.441 bits per heavy atom. The molecule has 6 aliphatic rings. The number of nitrogens with two attached hydrogens (primary N) is 3. The number of anilines is 3. The van der Waals surface area contributed by atoms with Crippen molar-refractivity contribution in [3.05, 3.63) is 140 Å². The van der Waals surface area contributed by atoms with Gasteiger partial charge < -0.3 is 116 Å². The van der Waals surface area contributed by atoms with Crippen LogP contribution in [0.2, 0.25) is 0 Å². The van der Waals surface area contributed by atoms with Gasteiger partial charge in [-0.25, -0.2) is 53.8 Å². The zero-order chi connectivity index (χ0) is 91.1. The summed E-state index contributed by atoms with van der Waals surface area (Å²) in [6, 6.07) is 0. The maximum Gasteiger partial charge on any atom is 0.386 e. The van der Waals surface area contributed by atoms with Crippen LogP contribution < -0.4 is 56.5 Å². The van der Waals surface area contributed by atoms with Gasteiger partial charge in [-0.2, -0.15) is 4.98 Å². The summed E-state index contributed by atoms with van der Waals surface area (Å²) in [4.78, 5) is 191. The lowest BCUT2D eigenvalue weighted by Crippen LogP contribution is -2.34. The van der Waals surface area contributed by atoms with E-state index in [-0.39, 0.29) is 106 Å². The monoisotopic (exact) mass is 2010 g/mol. The third-order valence-electron chi connectivity index (χ3n) is 20.9. The van der Waals surface area contributed by atoms with Gasteiger partial charge in [-0.05, 0) is 86.2 Å². The molecule has 0 saturated carbocycles. The summed E-state index contributed by atoms with van der Waals surface area (Å²) in [5.41, 5.74) is 13.5. The lowest BCUT2D eigenvalue weighted by Gasteiger charge is -2.28. The van der Waals surface area contributed by atoms with E-state index in [0.29, 0.717) is 0 Å². The van der Waals surface area contributed by atoms with E-state index in [4.69, 9.17) is 159 Å². The molecule has 15 heterocycles.